The standard InChI is InChI=1S/C15H30N2O/c1-11-9-7-8-10-12(11)17(6)13(18)14(2,3)15(4,5)16/h11-12H,7-10,16H2,1-6H3. The van der Waals surface area contributed by atoms with Crippen molar-refractivity contribution in [2.24, 2.45) is 17.1 Å². The molecule has 1 amide bonds. The molecule has 18 heavy (non-hydrogen) atoms. The molecule has 0 heterocycles. The number of carbonyl (C=O) groups is 1. The molecule has 0 saturated heterocycles. The maximum Gasteiger partial charge on any atom is 0.230 e. The van der Waals surface area contributed by atoms with Gasteiger partial charge in [-0.3, -0.25) is 4.79 Å². The Kier molecular flexibility index (Phi) is 4.47. The quantitative estimate of drug-likeness (QED) is 0.842. The monoisotopic (exact) mass is 254 g/mol. The first kappa shape index (κ1) is 15.5. The van der Waals surface area contributed by atoms with E-state index in [9.17, 15) is 4.79 Å². The molecule has 3 nitrogen and oxygen atoms in total. The maximum atomic E-state index is 12.7. The number of hydrogen-bond acceptors (Lipinski definition) is 2. The lowest BCUT2D eigenvalue weighted by Crippen LogP contribution is -2.58. The molecule has 0 aliphatic heterocycles. The molecule has 1 aliphatic carbocycles. The van der Waals surface area contributed by atoms with Crippen LogP contribution in [0.4, 0.5) is 0 Å². The third kappa shape index (κ3) is 2.87. The van der Waals surface area contributed by atoms with Gasteiger partial charge < -0.3 is 10.6 Å². The average molecular weight is 254 g/mol. The van der Waals surface area contributed by atoms with Crippen LogP contribution in [0, 0.1) is 11.3 Å². The molecular formula is C15H30N2O. The smallest absolute Gasteiger partial charge is 0.230 e. The zero-order chi connectivity index (χ0) is 14.1. The van der Waals surface area contributed by atoms with Gasteiger partial charge in [-0.1, -0.05) is 19.8 Å². The van der Waals surface area contributed by atoms with Crippen LogP contribution in [0.2, 0.25) is 0 Å². The number of hydrogen-bond donors (Lipinski definition) is 1. The molecule has 106 valence electrons. The Morgan fingerprint density at radius 1 is 1.17 bits per heavy atom. The zero-order valence-corrected chi connectivity index (χ0v) is 12.9. The lowest BCUT2D eigenvalue weighted by Gasteiger charge is -2.44. The molecule has 1 aliphatic rings. The Bertz CT molecular complexity index is 304. The second-order valence-corrected chi connectivity index (χ2v) is 7.09. The van der Waals surface area contributed by atoms with Crippen LogP contribution in [0.15, 0.2) is 0 Å². The Balaban J connectivity index is 2.83. The summed E-state index contributed by atoms with van der Waals surface area (Å²) in [6.07, 6.45) is 4.89. The average Bonchev–Trinajstić information content (AvgIpc) is 2.26. The lowest BCUT2D eigenvalue weighted by atomic mass is 9.73. The third-order valence-electron chi connectivity index (χ3n) is 5.03. The third-order valence-corrected chi connectivity index (χ3v) is 5.03. The van der Waals surface area contributed by atoms with Gasteiger partial charge in [-0.2, -0.15) is 0 Å². The molecule has 2 atom stereocenters. The predicted octanol–water partition coefficient (Wildman–Crippen LogP) is 2.79. The number of nitrogens with two attached hydrogens (primary N) is 1. The summed E-state index contributed by atoms with van der Waals surface area (Å²) in [4.78, 5) is 14.7. The number of nitrogens with zero attached hydrogens (tertiary/aromatic N) is 1. The Labute approximate surface area is 112 Å². The van der Waals surface area contributed by atoms with Crippen molar-refractivity contribution < 1.29 is 4.79 Å². The Morgan fingerprint density at radius 2 is 1.67 bits per heavy atom. The number of rotatable bonds is 3. The summed E-state index contributed by atoms with van der Waals surface area (Å²) in [5, 5.41) is 0. The van der Waals surface area contributed by atoms with E-state index in [-0.39, 0.29) is 5.91 Å². The van der Waals surface area contributed by atoms with Crippen LogP contribution in [-0.4, -0.2) is 29.4 Å². The summed E-state index contributed by atoms with van der Waals surface area (Å²) in [5.41, 5.74) is 5.14. The lowest BCUT2D eigenvalue weighted by molar-refractivity contribution is -0.146. The molecule has 1 saturated carbocycles. The minimum absolute atomic E-state index is 0.175. The molecule has 0 aromatic heterocycles. The van der Waals surface area contributed by atoms with E-state index in [1.807, 2.05) is 39.6 Å². The van der Waals surface area contributed by atoms with E-state index in [0.29, 0.717) is 12.0 Å². The summed E-state index contributed by atoms with van der Waals surface area (Å²) in [7, 11) is 1.95. The number of amides is 1. The highest BCUT2D eigenvalue weighted by Crippen LogP contribution is 2.34. The number of carbonyl (C=O) groups excluding carboxylic acids is 1. The van der Waals surface area contributed by atoms with Gasteiger partial charge in [-0.15, -0.1) is 0 Å². The van der Waals surface area contributed by atoms with Gasteiger partial charge in [0.05, 0.1) is 5.41 Å². The molecule has 1 rings (SSSR count). The summed E-state index contributed by atoms with van der Waals surface area (Å²) in [6, 6.07) is 0.382. The SMILES string of the molecule is CC1CCCCC1N(C)C(=O)C(C)(C)C(C)(C)N. The van der Waals surface area contributed by atoms with E-state index < -0.39 is 11.0 Å². The van der Waals surface area contributed by atoms with Gasteiger partial charge in [-0.25, -0.2) is 0 Å². The molecule has 0 radical (unpaired) electrons. The van der Waals surface area contributed by atoms with Crippen LogP contribution in [-0.2, 0) is 4.79 Å². The Morgan fingerprint density at radius 3 is 2.11 bits per heavy atom. The van der Waals surface area contributed by atoms with Crippen molar-refractivity contribution in [3.05, 3.63) is 0 Å². The highest BCUT2D eigenvalue weighted by Gasteiger charge is 2.44. The fourth-order valence-electron chi connectivity index (χ4n) is 2.74. The second kappa shape index (κ2) is 5.20. The fourth-order valence-corrected chi connectivity index (χ4v) is 2.74. The summed E-state index contributed by atoms with van der Waals surface area (Å²) >= 11 is 0. The second-order valence-electron chi connectivity index (χ2n) is 7.09. The van der Waals surface area contributed by atoms with Crippen LogP contribution >= 0.6 is 0 Å². The first-order valence-corrected chi connectivity index (χ1v) is 7.15. The van der Waals surface area contributed by atoms with Crippen LogP contribution < -0.4 is 5.73 Å². The van der Waals surface area contributed by atoms with E-state index in [0.717, 1.165) is 6.42 Å². The Hall–Kier alpha value is -0.570. The molecule has 3 heteroatoms. The normalized spacial score (nSPS) is 25.9. The largest absolute Gasteiger partial charge is 0.342 e. The highest BCUT2D eigenvalue weighted by molar-refractivity contribution is 5.83. The van der Waals surface area contributed by atoms with Crippen molar-refractivity contribution in [3.63, 3.8) is 0 Å². The van der Waals surface area contributed by atoms with Crippen LogP contribution in [0.1, 0.15) is 60.3 Å². The molecule has 0 aromatic carbocycles. The summed E-state index contributed by atoms with van der Waals surface area (Å²) in [5.74, 6) is 0.776. The minimum atomic E-state index is -0.529. The van der Waals surface area contributed by atoms with Crippen molar-refractivity contribution in [1.82, 2.24) is 4.90 Å². The van der Waals surface area contributed by atoms with Gasteiger partial charge in [0, 0.05) is 18.6 Å². The topological polar surface area (TPSA) is 46.3 Å². The maximum absolute atomic E-state index is 12.7. The van der Waals surface area contributed by atoms with E-state index in [1.54, 1.807) is 0 Å². The fraction of sp³-hybridized carbons (Fsp3) is 0.933. The van der Waals surface area contributed by atoms with E-state index in [2.05, 4.69) is 6.92 Å². The molecular weight excluding hydrogens is 224 g/mol. The van der Waals surface area contributed by atoms with Gasteiger partial charge in [-0.05, 0) is 46.5 Å². The summed E-state index contributed by atoms with van der Waals surface area (Å²) < 4.78 is 0. The molecule has 0 spiro atoms. The van der Waals surface area contributed by atoms with Gasteiger partial charge in [0.1, 0.15) is 0 Å². The van der Waals surface area contributed by atoms with Crippen LogP contribution in [0.25, 0.3) is 0 Å². The van der Waals surface area contributed by atoms with Gasteiger partial charge in [0.2, 0.25) is 5.91 Å². The van der Waals surface area contributed by atoms with Gasteiger partial charge >= 0.3 is 0 Å². The van der Waals surface area contributed by atoms with Gasteiger partial charge in [0.15, 0.2) is 0 Å². The van der Waals surface area contributed by atoms with E-state index in [4.69, 9.17) is 5.73 Å². The first-order valence-electron chi connectivity index (χ1n) is 7.15. The predicted molar refractivity (Wildman–Crippen MR) is 76.2 cm³/mol. The molecule has 1 fully saturated rings. The minimum Gasteiger partial charge on any atom is -0.342 e. The van der Waals surface area contributed by atoms with Crippen molar-refractivity contribution in [2.45, 2.75) is 71.9 Å². The molecule has 0 bridgehead atoms. The molecule has 2 unspecified atom stereocenters. The van der Waals surface area contributed by atoms with E-state index >= 15 is 0 Å². The molecule has 0 aromatic rings. The van der Waals surface area contributed by atoms with Crippen LogP contribution in [0.3, 0.4) is 0 Å². The molecule has 2 N–H and O–H groups in total. The van der Waals surface area contributed by atoms with Crippen molar-refractivity contribution >= 4 is 5.91 Å². The van der Waals surface area contributed by atoms with E-state index in [1.165, 1.54) is 19.3 Å². The zero-order valence-electron chi connectivity index (χ0n) is 12.9. The first-order chi connectivity index (χ1) is 8.09. The van der Waals surface area contributed by atoms with Crippen molar-refractivity contribution in [2.75, 3.05) is 7.05 Å². The van der Waals surface area contributed by atoms with Crippen molar-refractivity contribution in [1.29, 1.82) is 0 Å². The summed E-state index contributed by atoms with van der Waals surface area (Å²) in [6.45, 7) is 10.0. The highest BCUT2D eigenvalue weighted by atomic mass is 16.2. The van der Waals surface area contributed by atoms with Crippen molar-refractivity contribution in [3.8, 4) is 0 Å². The van der Waals surface area contributed by atoms with Crippen LogP contribution in [0.5, 0.6) is 0 Å². The van der Waals surface area contributed by atoms with Gasteiger partial charge in [0.25, 0.3) is 0 Å².